The number of ether oxygens (including phenoxy) is 1. The molecule has 0 aliphatic carbocycles. The van der Waals surface area contributed by atoms with Crippen molar-refractivity contribution >= 4 is 5.91 Å². The number of rotatable bonds is 5. The third kappa shape index (κ3) is 4.57. The van der Waals surface area contributed by atoms with Crippen LogP contribution in [0.2, 0.25) is 0 Å². The Labute approximate surface area is 147 Å². The number of aryl methyl sites for hydroxylation is 1. The van der Waals surface area contributed by atoms with E-state index < -0.39 is 11.7 Å². The minimum Gasteiger partial charge on any atom is -0.487 e. The van der Waals surface area contributed by atoms with E-state index in [1.165, 1.54) is 23.3 Å². The van der Waals surface area contributed by atoms with Crippen LogP contribution in [0.4, 0.5) is 4.39 Å². The van der Waals surface area contributed by atoms with Crippen LogP contribution in [-0.2, 0) is 6.54 Å². The number of benzene rings is 2. The Morgan fingerprint density at radius 1 is 1.20 bits per heavy atom. The topological polar surface area (TPSA) is 55.6 Å². The predicted octanol–water partition coefficient (Wildman–Crippen LogP) is 3.28. The molecule has 4 nitrogen and oxygen atoms in total. The van der Waals surface area contributed by atoms with Crippen molar-refractivity contribution in [3.8, 4) is 5.75 Å². The summed E-state index contributed by atoms with van der Waals surface area (Å²) in [5.41, 5.74) is 7.87. The van der Waals surface area contributed by atoms with Gasteiger partial charge in [0.1, 0.15) is 6.10 Å². The van der Waals surface area contributed by atoms with Crippen LogP contribution < -0.4 is 10.5 Å². The highest BCUT2D eigenvalue weighted by Gasteiger charge is 2.22. The van der Waals surface area contributed by atoms with Crippen LogP contribution in [0.25, 0.3) is 0 Å². The first kappa shape index (κ1) is 17.4. The van der Waals surface area contributed by atoms with Gasteiger partial charge in [-0.3, -0.25) is 9.69 Å². The first-order valence-corrected chi connectivity index (χ1v) is 8.55. The lowest BCUT2D eigenvalue weighted by molar-refractivity contribution is 0.0934. The van der Waals surface area contributed by atoms with E-state index in [4.69, 9.17) is 10.5 Å². The maximum absolute atomic E-state index is 14.0. The summed E-state index contributed by atoms with van der Waals surface area (Å²) >= 11 is 0. The summed E-state index contributed by atoms with van der Waals surface area (Å²) in [6, 6.07) is 12.7. The summed E-state index contributed by atoms with van der Waals surface area (Å²) in [6.45, 7) is 4.84. The molecule has 2 N–H and O–H groups in total. The Morgan fingerprint density at radius 3 is 2.48 bits per heavy atom. The molecule has 2 aromatic carbocycles. The van der Waals surface area contributed by atoms with Crippen molar-refractivity contribution in [1.29, 1.82) is 0 Å². The third-order valence-electron chi connectivity index (χ3n) is 4.57. The number of carbonyl (C=O) groups is 1. The minimum atomic E-state index is -0.644. The van der Waals surface area contributed by atoms with Gasteiger partial charge in [0.25, 0.3) is 0 Å². The van der Waals surface area contributed by atoms with Gasteiger partial charge < -0.3 is 10.5 Å². The van der Waals surface area contributed by atoms with Gasteiger partial charge in [-0.2, -0.15) is 0 Å². The zero-order valence-corrected chi connectivity index (χ0v) is 14.4. The van der Waals surface area contributed by atoms with Gasteiger partial charge >= 0.3 is 0 Å². The highest BCUT2D eigenvalue weighted by atomic mass is 19.1. The van der Waals surface area contributed by atoms with Gasteiger partial charge in [-0.15, -0.1) is 0 Å². The Balaban J connectivity index is 1.52. The van der Waals surface area contributed by atoms with E-state index in [1.54, 1.807) is 0 Å². The SMILES string of the molecule is Cc1ccc(CN2CCC(Oc3ccc(C(N)=O)cc3F)CC2)cc1. The molecular formula is C20H23FN2O2. The van der Waals surface area contributed by atoms with E-state index in [0.717, 1.165) is 38.5 Å². The number of hydrogen-bond donors (Lipinski definition) is 1. The van der Waals surface area contributed by atoms with Crippen LogP contribution in [0.5, 0.6) is 5.75 Å². The number of amides is 1. The lowest BCUT2D eigenvalue weighted by Crippen LogP contribution is -2.37. The zero-order chi connectivity index (χ0) is 17.8. The average molecular weight is 342 g/mol. The highest BCUT2D eigenvalue weighted by molar-refractivity contribution is 5.92. The molecule has 1 amide bonds. The Kier molecular flexibility index (Phi) is 5.34. The summed E-state index contributed by atoms with van der Waals surface area (Å²) in [5, 5.41) is 0. The second-order valence-electron chi connectivity index (χ2n) is 6.59. The van der Waals surface area contributed by atoms with Gasteiger partial charge in [-0.1, -0.05) is 29.8 Å². The van der Waals surface area contributed by atoms with Gasteiger partial charge in [0, 0.05) is 25.2 Å². The molecule has 5 heteroatoms. The maximum Gasteiger partial charge on any atom is 0.248 e. The fourth-order valence-corrected chi connectivity index (χ4v) is 3.07. The Hall–Kier alpha value is -2.40. The average Bonchev–Trinajstić information content (AvgIpc) is 2.60. The number of hydrogen-bond acceptors (Lipinski definition) is 3. The summed E-state index contributed by atoms with van der Waals surface area (Å²) in [4.78, 5) is 13.5. The molecule has 1 aliphatic rings. The van der Waals surface area contributed by atoms with E-state index in [-0.39, 0.29) is 17.4 Å². The Morgan fingerprint density at radius 2 is 1.88 bits per heavy atom. The molecule has 1 aliphatic heterocycles. The van der Waals surface area contributed by atoms with E-state index in [1.807, 2.05) is 0 Å². The van der Waals surface area contributed by atoms with Gasteiger partial charge in [0.05, 0.1) is 0 Å². The number of halogens is 1. The quantitative estimate of drug-likeness (QED) is 0.907. The molecule has 0 atom stereocenters. The fraction of sp³-hybridized carbons (Fsp3) is 0.350. The summed E-state index contributed by atoms with van der Waals surface area (Å²) in [6.07, 6.45) is 1.69. The van der Waals surface area contributed by atoms with Gasteiger partial charge in [-0.25, -0.2) is 4.39 Å². The normalized spacial score (nSPS) is 15.9. The van der Waals surface area contributed by atoms with E-state index in [2.05, 4.69) is 36.1 Å². The maximum atomic E-state index is 14.0. The second kappa shape index (κ2) is 7.66. The summed E-state index contributed by atoms with van der Waals surface area (Å²) in [7, 11) is 0. The van der Waals surface area contributed by atoms with E-state index in [0.29, 0.717) is 0 Å². The smallest absolute Gasteiger partial charge is 0.248 e. The van der Waals surface area contributed by atoms with Crippen LogP contribution in [0.15, 0.2) is 42.5 Å². The molecule has 1 fully saturated rings. The molecule has 132 valence electrons. The van der Waals surface area contributed by atoms with Crippen molar-refractivity contribution in [2.45, 2.75) is 32.4 Å². The second-order valence-corrected chi connectivity index (χ2v) is 6.59. The molecule has 25 heavy (non-hydrogen) atoms. The minimum absolute atomic E-state index is 0.0109. The lowest BCUT2D eigenvalue weighted by atomic mass is 10.1. The zero-order valence-electron chi connectivity index (χ0n) is 14.4. The molecular weight excluding hydrogens is 319 g/mol. The Bertz CT molecular complexity index is 738. The van der Waals surface area contributed by atoms with Crippen LogP contribution in [0, 0.1) is 12.7 Å². The number of carbonyl (C=O) groups excluding carboxylic acids is 1. The third-order valence-corrected chi connectivity index (χ3v) is 4.57. The number of piperidine rings is 1. The number of nitrogens with two attached hydrogens (primary N) is 1. The van der Waals surface area contributed by atoms with E-state index >= 15 is 0 Å². The largest absolute Gasteiger partial charge is 0.487 e. The monoisotopic (exact) mass is 342 g/mol. The van der Waals surface area contributed by atoms with Crippen LogP contribution in [0.1, 0.15) is 34.3 Å². The molecule has 1 heterocycles. The number of likely N-dealkylation sites (tertiary alicyclic amines) is 1. The molecule has 0 saturated carbocycles. The van der Waals surface area contributed by atoms with Crippen LogP contribution in [-0.4, -0.2) is 30.0 Å². The molecule has 0 aromatic heterocycles. The first-order chi connectivity index (χ1) is 12.0. The molecule has 0 radical (unpaired) electrons. The van der Waals surface area contributed by atoms with Crippen molar-refractivity contribution in [3.63, 3.8) is 0 Å². The predicted molar refractivity (Wildman–Crippen MR) is 95.0 cm³/mol. The molecule has 3 rings (SSSR count). The summed E-state index contributed by atoms with van der Waals surface area (Å²) < 4.78 is 19.8. The van der Waals surface area contributed by atoms with Crippen molar-refractivity contribution < 1.29 is 13.9 Å². The van der Waals surface area contributed by atoms with Crippen molar-refractivity contribution in [3.05, 3.63) is 65.0 Å². The molecule has 1 saturated heterocycles. The molecule has 0 unspecified atom stereocenters. The lowest BCUT2D eigenvalue weighted by Gasteiger charge is -2.32. The number of nitrogens with zero attached hydrogens (tertiary/aromatic N) is 1. The summed E-state index contributed by atoms with van der Waals surface area (Å²) in [5.74, 6) is -1.00. The molecule has 0 spiro atoms. The standard InChI is InChI=1S/C20H23FN2O2/c1-14-2-4-15(5-3-14)13-23-10-8-17(9-11-23)25-19-7-6-16(20(22)24)12-18(19)21/h2-7,12,17H,8-11,13H2,1H3,(H2,22,24). The van der Waals surface area contributed by atoms with Crippen molar-refractivity contribution in [1.82, 2.24) is 4.90 Å². The molecule has 2 aromatic rings. The van der Waals surface area contributed by atoms with Gasteiger partial charge in [-0.05, 0) is 43.5 Å². The fourth-order valence-electron chi connectivity index (χ4n) is 3.07. The van der Waals surface area contributed by atoms with Crippen molar-refractivity contribution in [2.24, 2.45) is 5.73 Å². The van der Waals surface area contributed by atoms with Crippen LogP contribution >= 0.6 is 0 Å². The van der Waals surface area contributed by atoms with E-state index in [9.17, 15) is 9.18 Å². The molecule has 0 bridgehead atoms. The number of primary amides is 1. The van der Waals surface area contributed by atoms with Gasteiger partial charge in [0.2, 0.25) is 5.91 Å². The highest BCUT2D eigenvalue weighted by Crippen LogP contribution is 2.23. The van der Waals surface area contributed by atoms with Gasteiger partial charge in [0.15, 0.2) is 11.6 Å². The van der Waals surface area contributed by atoms with Crippen molar-refractivity contribution in [2.75, 3.05) is 13.1 Å². The first-order valence-electron chi connectivity index (χ1n) is 8.55. The van der Waals surface area contributed by atoms with Crippen LogP contribution in [0.3, 0.4) is 0 Å².